The Kier molecular flexibility index (Phi) is 8.84. The number of fused-ring (bicyclic) bond motifs is 12. The minimum absolute atomic E-state index is 0.124. The van der Waals surface area contributed by atoms with Crippen molar-refractivity contribution >= 4 is 87.2 Å². The van der Waals surface area contributed by atoms with Crippen LogP contribution in [0.3, 0.4) is 0 Å². The van der Waals surface area contributed by atoms with Crippen molar-refractivity contribution in [1.82, 2.24) is 23.3 Å². The molecule has 0 saturated heterocycles. The van der Waals surface area contributed by atoms with Crippen LogP contribution in [0.25, 0.3) is 121 Å². The van der Waals surface area contributed by atoms with Crippen LogP contribution < -0.4 is 0 Å². The summed E-state index contributed by atoms with van der Waals surface area (Å²) in [7, 11) is 0. The van der Waals surface area contributed by atoms with Crippen molar-refractivity contribution in [2.24, 2.45) is 0 Å². The van der Waals surface area contributed by atoms with Gasteiger partial charge < -0.3 is 13.7 Å². The van der Waals surface area contributed by atoms with Crippen LogP contribution in [-0.4, -0.2) is 23.3 Å². The summed E-state index contributed by atoms with van der Waals surface area (Å²) in [4.78, 5) is 5.09. The maximum Gasteiger partial charge on any atom is 0.416 e. The first kappa shape index (κ1) is 41.8. The lowest BCUT2D eigenvalue weighted by Crippen LogP contribution is -2.11. The van der Waals surface area contributed by atoms with Gasteiger partial charge in [-0.3, -0.25) is 4.57 Å². The van der Waals surface area contributed by atoms with Gasteiger partial charge in [-0.25, -0.2) is 4.98 Å². The first-order valence-corrected chi connectivity index (χ1v) is 23.3. The molecule has 14 rings (SSSR count). The average molecular weight is 952 g/mol. The molecule has 72 heavy (non-hydrogen) atoms. The number of halogens is 6. The van der Waals surface area contributed by atoms with Gasteiger partial charge in [-0.1, -0.05) is 109 Å². The Bertz CT molecular complexity index is 4430. The highest BCUT2D eigenvalue weighted by Gasteiger charge is 2.37. The molecule has 5 heterocycles. The fraction of sp³-hybridized carbons (Fsp3) is 0.0328. The molecule has 0 atom stereocenters. The van der Waals surface area contributed by atoms with Crippen LogP contribution in [0.5, 0.6) is 0 Å². The molecule has 0 fully saturated rings. The Hall–Kier alpha value is -9.09. The van der Waals surface area contributed by atoms with Gasteiger partial charge in [0, 0.05) is 60.0 Å². The van der Waals surface area contributed by atoms with Crippen LogP contribution in [0.4, 0.5) is 26.3 Å². The molecule has 0 aliphatic heterocycles. The van der Waals surface area contributed by atoms with Crippen LogP contribution >= 0.6 is 0 Å². The van der Waals surface area contributed by atoms with Crippen molar-refractivity contribution < 1.29 is 26.3 Å². The molecule has 0 spiro atoms. The molecule has 0 N–H and O–H groups in total. The van der Waals surface area contributed by atoms with Crippen LogP contribution in [0.2, 0.25) is 0 Å². The molecular formula is C61H35F6N5. The molecule has 0 aliphatic carbocycles. The predicted molar refractivity (Wildman–Crippen MR) is 277 cm³/mol. The van der Waals surface area contributed by atoms with Gasteiger partial charge in [0.15, 0.2) is 0 Å². The number of benzene rings is 9. The Morgan fingerprint density at radius 2 is 0.639 bits per heavy atom. The van der Waals surface area contributed by atoms with E-state index in [9.17, 15) is 26.3 Å². The van der Waals surface area contributed by atoms with Crippen LogP contribution in [0.15, 0.2) is 212 Å². The van der Waals surface area contributed by atoms with E-state index in [4.69, 9.17) is 4.98 Å². The molecule has 5 aromatic heterocycles. The highest BCUT2D eigenvalue weighted by molar-refractivity contribution is 6.14. The summed E-state index contributed by atoms with van der Waals surface area (Å²) >= 11 is 0. The van der Waals surface area contributed by atoms with Gasteiger partial charge in [-0.15, -0.1) is 0 Å². The number of rotatable bonds is 5. The smallest absolute Gasteiger partial charge is 0.309 e. The standard InChI is InChI=1S/C61H35F6N5/c62-60(63,64)37-29-36(30-38(31-37)61(65,66)67)47-34-59(72-55-24-12-6-18-46(55)49-33-40(26-28-57(49)72)70-52-21-9-3-15-43(52)44-16-4-10-22-53(44)70)68-35-58(47)71-54-23-11-5-17-45(54)48-32-39(25-27-56(48)71)69-50-19-7-1-13-41(50)42-14-2-8-20-51(42)69/h1-35H. The largest absolute Gasteiger partial charge is 0.416 e. The molecule has 0 bridgehead atoms. The maximum atomic E-state index is 14.8. The van der Waals surface area contributed by atoms with Crippen molar-refractivity contribution in [2.45, 2.75) is 12.4 Å². The zero-order chi connectivity index (χ0) is 48.6. The summed E-state index contributed by atoms with van der Waals surface area (Å²) in [6, 6.07) is 63.9. The van der Waals surface area contributed by atoms with E-state index in [1.807, 2.05) is 130 Å². The molecule has 0 radical (unpaired) electrons. The fourth-order valence-corrected chi connectivity index (χ4v) is 11.2. The summed E-state index contributed by atoms with van der Waals surface area (Å²) in [6.07, 6.45) is -8.59. The maximum absolute atomic E-state index is 14.8. The van der Waals surface area contributed by atoms with E-state index >= 15 is 0 Å². The molecule has 14 aromatic rings. The Morgan fingerprint density at radius 1 is 0.306 bits per heavy atom. The van der Waals surface area contributed by atoms with Gasteiger partial charge in [0.25, 0.3) is 0 Å². The van der Waals surface area contributed by atoms with Gasteiger partial charge in [0.1, 0.15) is 5.82 Å². The normalized spacial score (nSPS) is 12.6. The molecule has 0 amide bonds. The van der Waals surface area contributed by atoms with E-state index in [2.05, 4.69) is 69.8 Å². The van der Waals surface area contributed by atoms with E-state index < -0.39 is 23.5 Å². The summed E-state index contributed by atoms with van der Waals surface area (Å²) in [6.45, 7) is 0. The van der Waals surface area contributed by atoms with E-state index in [0.29, 0.717) is 22.5 Å². The number of alkyl halides is 6. The van der Waals surface area contributed by atoms with E-state index in [1.54, 1.807) is 12.3 Å². The van der Waals surface area contributed by atoms with Gasteiger partial charge in [-0.05, 0) is 103 Å². The number of hydrogen-bond donors (Lipinski definition) is 0. The number of aromatic nitrogens is 5. The van der Waals surface area contributed by atoms with Crippen molar-refractivity contribution in [2.75, 3.05) is 0 Å². The number of hydrogen-bond acceptors (Lipinski definition) is 1. The minimum atomic E-state index is -5.08. The molecule has 5 nitrogen and oxygen atoms in total. The molecule has 0 unspecified atom stereocenters. The van der Waals surface area contributed by atoms with Gasteiger partial charge >= 0.3 is 12.4 Å². The van der Waals surface area contributed by atoms with Crippen molar-refractivity contribution in [1.29, 1.82) is 0 Å². The van der Waals surface area contributed by atoms with E-state index in [-0.39, 0.29) is 17.2 Å². The summed E-state index contributed by atoms with van der Waals surface area (Å²) < 4.78 is 96.8. The first-order chi connectivity index (χ1) is 35.0. The fourth-order valence-electron chi connectivity index (χ4n) is 11.2. The van der Waals surface area contributed by atoms with Crippen LogP contribution in [-0.2, 0) is 12.4 Å². The minimum Gasteiger partial charge on any atom is -0.309 e. The topological polar surface area (TPSA) is 32.6 Å². The number of para-hydroxylation sites is 6. The lowest BCUT2D eigenvalue weighted by Gasteiger charge is -2.19. The van der Waals surface area contributed by atoms with Gasteiger partial charge in [-0.2, -0.15) is 26.3 Å². The average Bonchev–Trinajstić information content (AvgIpc) is 4.13. The molecule has 0 saturated carbocycles. The Labute approximate surface area is 405 Å². The Balaban J connectivity index is 1.03. The second kappa shape index (κ2) is 15.2. The SMILES string of the molecule is FC(F)(F)c1cc(-c2cc(-n3c4ccccc4c4cc(-n5c6ccccc6c6ccccc65)ccc43)ncc2-n2c3ccccc3c3cc(-n4c5ccccc5c5ccccc54)ccc32)cc(C(F)(F)F)c1. The first-order valence-electron chi connectivity index (χ1n) is 23.3. The van der Waals surface area contributed by atoms with Crippen LogP contribution in [0, 0.1) is 0 Å². The molecule has 11 heteroatoms. The van der Waals surface area contributed by atoms with Gasteiger partial charge in [0.05, 0.1) is 67.1 Å². The van der Waals surface area contributed by atoms with Crippen molar-refractivity contribution in [3.8, 4) is 34.0 Å². The lowest BCUT2D eigenvalue weighted by molar-refractivity contribution is -0.143. The molecule has 0 aliphatic rings. The third-order valence-corrected chi connectivity index (χ3v) is 14.2. The monoisotopic (exact) mass is 951 g/mol. The van der Waals surface area contributed by atoms with E-state index in [1.165, 1.54) is 0 Å². The highest BCUT2D eigenvalue weighted by Crippen LogP contribution is 2.44. The molecular weight excluding hydrogens is 917 g/mol. The summed E-state index contributed by atoms with van der Waals surface area (Å²) in [5.41, 5.74) is 6.14. The highest BCUT2D eigenvalue weighted by atomic mass is 19.4. The third kappa shape index (κ3) is 6.19. The Morgan fingerprint density at radius 3 is 1.04 bits per heavy atom. The van der Waals surface area contributed by atoms with Gasteiger partial charge in [0.2, 0.25) is 0 Å². The summed E-state index contributed by atoms with van der Waals surface area (Å²) in [5.74, 6) is 0.310. The number of nitrogens with zero attached hydrogens (tertiary/aromatic N) is 5. The van der Waals surface area contributed by atoms with Crippen molar-refractivity contribution in [3.05, 3.63) is 224 Å². The second-order valence-electron chi connectivity index (χ2n) is 18.2. The predicted octanol–water partition coefficient (Wildman–Crippen LogP) is 17.2. The third-order valence-electron chi connectivity index (χ3n) is 14.2. The zero-order valence-electron chi connectivity index (χ0n) is 37.7. The quantitative estimate of drug-likeness (QED) is 0.158. The second-order valence-corrected chi connectivity index (χ2v) is 18.2. The lowest BCUT2D eigenvalue weighted by atomic mass is 9.98. The zero-order valence-corrected chi connectivity index (χ0v) is 37.7. The molecule has 346 valence electrons. The molecule has 9 aromatic carbocycles. The number of pyridine rings is 1. The summed E-state index contributed by atoms with van der Waals surface area (Å²) in [5, 5.41) is 7.87. The van der Waals surface area contributed by atoms with Crippen molar-refractivity contribution in [3.63, 3.8) is 0 Å². The van der Waals surface area contributed by atoms with Crippen LogP contribution in [0.1, 0.15) is 11.1 Å². The van der Waals surface area contributed by atoms with E-state index in [0.717, 1.165) is 99.7 Å².